The molecule has 2 nitrogen and oxygen atoms in total. The van der Waals surface area contributed by atoms with Gasteiger partial charge >= 0.3 is 6.18 Å². The van der Waals surface area contributed by atoms with E-state index in [1.165, 1.54) is 0 Å². The Morgan fingerprint density at radius 1 is 1.19 bits per heavy atom. The number of hydrogen-bond acceptors (Lipinski definition) is 2. The van der Waals surface area contributed by atoms with Crippen molar-refractivity contribution in [3.63, 3.8) is 0 Å². The third-order valence-electron chi connectivity index (χ3n) is 3.19. The average molecular weight is 247 g/mol. The SMILES string of the molecule is NCC(O)(C1CCC(F)(F)CC1)C(F)(F)F. The number of halogens is 5. The molecule has 0 bridgehead atoms. The lowest BCUT2D eigenvalue weighted by Crippen LogP contribution is -2.57. The largest absolute Gasteiger partial charge is 0.418 e. The van der Waals surface area contributed by atoms with E-state index < -0.39 is 43.0 Å². The zero-order valence-corrected chi connectivity index (χ0v) is 8.53. The second kappa shape index (κ2) is 4.10. The molecule has 1 aliphatic carbocycles. The molecule has 7 heteroatoms. The van der Waals surface area contributed by atoms with Crippen molar-refractivity contribution in [3.8, 4) is 0 Å². The van der Waals surface area contributed by atoms with Gasteiger partial charge in [-0.2, -0.15) is 13.2 Å². The summed E-state index contributed by atoms with van der Waals surface area (Å²) < 4.78 is 63.2. The van der Waals surface area contributed by atoms with E-state index in [4.69, 9.17) is 5.73 Å². The van der Waals surface area contributed by atoms with Crippen LogP contribution in [0.4, 0.5) is 22.0 Å². The fourth-order valence-electron chi connectivity index (χ4n) is 2.03. The summed E-state index contributed by atoms with van der Waals surface area (Å²) in [6.07, 6.45) is -6.86. The van der Waals surface area contributed by atoms with Gasteiger partial charge in [0.15, 0.2) is 5.60 Å². The van der Waals surface area contributed by atoms with Crippen molar-refractivity contribution in [1.29, 1.82) is 0 Å². The summed E-state index contributed by atoms with van der Waals surface area (Å²) in [7, 11) is 0. The Morgan fingerprint density at radius 3 is 1.94 bits per heavy atom. The van der Waals surface area contributed by atoms with Crippen LogP contribution in [0.2, 0.25) is 0 Å². The van der Waals surface area contributed by atoms with E-state index in [1.807, 2.05) is 0 Å². The highest BCUT2D eigenvalue weighted by Gasteiger charge is 2.58. The maximum atomic E-state index is 12.8. The van der Waals surface area contributed by atoms with Crippen LogP contribution in [0, 0.1) is 5.92 Å². The van der Waals surface area contributed by atoms with Gasteiger partial charge in [0.2, 0.25) is 5.92 Å². The summed E-state index contributed by atoms with van der Waals surface area (Å²) in [5.41, 5.74) is 1.90. The van der Waals surface area contributed by atoms with Crippen LogP contribution in [-0.4, -0.2) is 29.4 Å². The Morgan fingerprint density at radius 2 is 1.62 bits per heavy atom. The van der Waals surface area contributed by atoms with Crippen LogP contribution in [0.25, 0.3) is 0 Å². The van der Waals surface area contributed by atoms with Gasteiger partial charge in [-0.25, -0.2) is 8.78 Å². The summed E-state index contributed by atoms with van der Waals surface area (Å²) >= 11 is 0. The second-order valence-electron chi connectivity index (χ2n) is 4.26. The van der Waals surface area contributed by atoms with Crippen LogP contribution < -0.4 is 5.73 Å². The van der Waals surface area contributed by atoms with E-state index in [9.17, 15) is 27.1 Å². The van der Waals surface area contributed by atoms with Gasteiger partial charge in [0.25, 0.3) is 0 Å². The molecular weight excluding hydrogens is 233 g/mol. The zero-order valence-electron chi connectivity index (χ0n) is 8.53. The minimum atomic E-state index is -4.88. The molecule has 0 aliphatic heterocycles. The van der Waals surface area contributed by atoms with Crippen molar-refractivity contribution in [2.45, 2.75) is 43.4 Å². The molecule has 0 aromatic heterocycles. The Balaban J connectivity index is 2.77. The molecule has 1 atom stereocenters. The Hall–Kier alpha value is -0.430. The van der Waals surface area contributed by atoms with Crippen LogP contribution in [0.1, 0.15) is 25.7 Å². The molecule has 1 rings (SSSR count). The predicted molar refractivity (Wildman–Crippen MR) is 47.0 cm³/mol. The summed E-state index contributed by atoms with van der Waals surface area (Å²) in [5, 5.41) is 9.46. The molecule has 3 N–H and O–H groups in total. The van der Waals surface area contributed by atoms with Crippen molar-refractivity contribution in [2.24, 2.45) is 11.7 Å². The zero-order chi connectivity index (χ0) is 12.6. The van der Waals surface area contributed by atoms with Gasteiger partial charge in [0.05, 0.1) is 0 Å². The number of rotatable bonds is 2. The van der Waals surface area contributed by atoms with E-state index in [0.717, 1.165) is 0 Å². The molecule has 1 fully saturated rings. The monoisotopic (exact) mass is 247 g/mol. The fraction of sp³-hybridized carbons (Fsp3) is 1.00. The average Bonchev–Trinajstić information content (AvgIpc) is 2.14. The molecule has 96 valence electrons. The van der Waals surface area contributed by atoms with Gasteiger partial charge in [-0.1, -0.05) is 0 Å². The lowest BCUT2D eigenvalue weighted by molar-refractivity contribution is -0.281. The fourth-order valence-corrected chi connectivity index (χ4v) is 2.03. The van der Waals surface area contributed by atoms with E-state index >= 15 is 0 Å². The summed E-state index contributed by atoms with van der Waals surface area (Å²) in [4.78, 5) is 0. The minimum absolute atomic E-state index is 0.361. The van der Waals surface area contributed by atoms with Gasteiger partial charge < -0.3 is 10.8 Å². The Kier molecular flexibility index (Phi) is 3.50. The molecule has 0 spiro atoms. The maximum Gasteiger partial charge on any atom is 0.418 e. The predicted octanol–water partition coefficient (Wildman–Crippen LogP) is 2.06. The van der Waals surface area contributed by atoms with E-state index in [-0.39, 0.29) is 12.8 Å². The maximum absolute atomic E-state index is 12.8. The molecule has 0 aromatic rings. The molecule has 0 saturated heterocycles. The highest BCUT2D eigenvalue weighted by Crippen LogP contribution is 2.45. The van der Waals surface area contributed by atoms with Crippen molar-refractivity contribution >= 4 is 0 Å². The number of aliphatic hydroxyl groups is 1. The van der Waals surface area contributed by atoms with Crippen LogP contribution in [0.15, 0.2) is 0 Å². The first-order chi connectivity index (χ1) is 7.12. The van der Waals surface area contributed by atoms with E-state index in [2.05, 4.69) is 0 Å². The van der Waals surface area contributed by atoms with Gasteiger partial charge in [-0.3, -0.25) is 0 Å². The lowest BCUT2D eigenvalue weighted by Gasteiger charge is -2.40. The van der Waals surface area contributed by atoms with Crippen molar-refractivity contribution in [3.05, 3.63) is 0 Å². The topological polar surface area (TPSA) is 46.2 Å². The molecule has 0 amide bonds. The summed E-state index contributed by atoms with van der Waals surface area (Å²) in [5.74, 6) is -4.16. The van der Waals surface area contributed by atoms with Gasteiger partial charge in [-0.05, 0) is 18.8 Å². The van der Waals surface area contributed by atoms with E-state index in [1.54, 1.807) is 0 Å². The molecule has 0 aromatic carbocycles. The van der Waals surface area contributed by atoms with Crippen molar-refractivity contribution in [2.75, 3.05) is 6.54 Å². The highest BCUT2D eigenvalue weighted by atomic mass is 19.4. The first-order valence-corrected chi connectivity index (χ1v) is 4.99. The minimum Gasteiger partial charge on any atom is -0.379 e. The molecule has 1 unspecified atom stereocenters. The van der Waals surface area contributed by atoms with Gasteiger partial charge in [0, 0.05) is 19.4 Å². The van der Waals surface area contributed by atoms with Crippen LogP contribution >= 0.6 is 0 Å². The third kappa shape index (κ3) is 2.45. The Bertz CT molecular complexity index is 245. The molecule has 0 radical (unpaired) electrons. The molecule has 1 saturated carbocycles. The Labute approximate surface area is 89.6 Å². The quantitative estimate of drug-likeness (QED) is 0.734. The van der Waals surface area contributed by atoms with Crippen LogP contribution in [0.5, 0.6) is 0 Å². The van der Waals surface area contributed by atoms with Gasteiger partial charge in [-0.15, -0.1) is 0 Å². The van der Waals surface area contributed by atoms with Gasteiger partial charge in [0.1, 0.15) is 0 Å². The molecular formula is C9H14F5NO. The first-order valence-electron chi connectivity index (χ1n) is 4.99. The number of alkyl halides is 5. The lowest BCUT2D eigenvalue weighted by atomic mass is 9.75. The number of hydrogen-bond donors (Lipinski definition) is 2. The smallest absolute Gasteiger partial charge is 0.379 e. The van der Waals surface area contributed by atoms with E-state index in [0.29, 0.717) is 0 Å². The molecule has 1 aliphatic rings. The third-order valence-corrected chi connectivity index (χ3v) is 3.19. The summed E-state index contributed by atoms with van der Waals surface area (Å²) in [6, 6.07) is 0. The standard InChI is InChI=1S/C9H14F5NO/c10-7(11)3-1-6(2-4-7)8(16,5-15)9(12,13)14/h6,16H,1-5,15H2. The van der Waals surface area contributed by atoms with Crippen molar-refractivity contribution < 1.29 is 27.1 Å². The van der Waals surface area contributed by atoms with Crippen LogP contribution in [0.3, 0.4) is 0 Å². The normalized spacial score (nSPS) is 26.4. The number of nitrogens with two attached hydrogens (primary N) is 1. The highest BCUT2D eigenvalue weighted by molar-refractivity contribution is 4.97. The second-order valence-corrected chi connectivity index (χ2v) is 4.26. The first kappa shape index (κ1) is 13.6. The molecule has 0 heterocycles. The summed E-state index contributed by atoms with van der Waals surface area (Å²) in [6.45, 7) is -0.993. The van der Waals surface area contributed by atoms with Crippen molar-refractivity contribution in [1.82, 2.24) is 0 Å². The molecule has 16 heavy (non-hydrogen) atoms. The van der Waals surface area contributed by atoms with Crippen LogP contribution in [-0.2, 0) is 0 Å².